The zero-order valence-corrected chi connectivity index (χ0v) is 10.5. The van der Waals surface area contributed by atoms with Crippen LogP contribution in [0.3, 0.4) is 0 Å². The van der Waals surface area contributed by atoms with Crippen molar-refractivity contribution in [1.82, 2.24) is 19.7 Å². The molecule has 0 aliphatic rings. The van der Waals surface area contributed by atoms with E-state index in [9.17, 15) is 0 Å². The van der Waals surface area contributed by atoms with Gasteiger partial charge in [0.25, 0.3) is 0 Å². The summed E-state index contributed by atoms with van der Waals surface area (Å²) in [5.41, 5.74) is 7.86. The lowest BCUT2D eigenvalue weighted by Crippen LogP contribution is -2.20. The van der Waals surface area contributed by atoms with Crippen LogP contribution >= 0.6 is 11.6 Å². The molecule has 2 heterocycles. The van der Waals surface area contributed by atoms with Crippen molar-refractivity contribution in [3.63, 3.8) is 0 Å². The van der Waals surface area contributed by atoms with Gasteiger partial charge in [0.15, 0.2) is 5.82 Å². The summed E-state index contributed by atoms with van der Waals surface area (Å²) in [7, 11) is 0. The molecule has 0 saturated carbocycles. The van der Waals surface area contributed by atoms with E-state index in [-0.39, 0.29) is 0 Å². The lowest BCUT2D eigenvalue weighted by atomic mass is 10.2. The van der Waals surface area contributed by atoms with Crippen molar-refractivity contribution in [3.05, 3.63) is 40.7 Å². The zero-order chi connectivity index (χ0) is 12.4. The number of nitrogens with two attached hydrogens (primary N) is 1. The van der Waals surface area contributed by atoms with E-state index in [0.29, 0.717) is 17.4 Å². The molecule has 0 radical (unpaired) electrons. The Hall–Kier alpha value is -1.46. The number of aromatic nitrogens is 4. The number of nitrogens with zero attached hydrogens (tertiary/aromatic N) is 4. The summed E-state index contributed by atoms with van der Waals surface area (Å²) in [6, 6.07) is -0.453. The average Bonchev–Trinajstić information content (AvgIpc) is 2.70. The quantitative estimate of drug-likeness (QED) is 0.902. The first-order valence-electron chi connectivity index (χ1n) is 5.38. The molecule has 2 aromatic heterocycles. The highest BCUT2D eigenvalue weighted by atomic mass is 35.5. The Morgan fingerprint density at radius 3 is 2.59 bits per heavy atom. The Kier molecular flexibility index (Phi) is 3.40. The summed E-state index contributed by atoms with van der Waals surface area (Å²) < 4.78 is 1.76. The number of aryl methyl sites for hydroxylation is 2. The minimum atomic E-state index is -0.453. The standard InChI is InChI=1S/C11H14ClN5/c1-3-17-10(8(12)6-16-17)9(13)11-14-4-7(2)5-15-11/h4-6,9H,3,13H2,1-2H3. The molecule has 6 heteroatoms. The largest absolute Gasteiger partial charge is 0.316 e. The molecule has 0 aliphatic heterocycles. The molecular formula is C11H14ClN5. The Morgan fingerprint density at radius 1 is 1.35 bits per heavy atom. The molecule has 0 spiro atoms. The predicted molar refractivity (Wildman–Crippen MR) is 65.7 cm³/mol. The van der Waals surface area contributed by atoms with Gasteiger partial charge >= 0.3 is 0 Å². The van der Waals surface area contributed by atoms with E-state index in [0.717, 1.165) is 11.3 Å². The molecule has 0 bridgehead atoms. The Labute approximate surface area is 105 Å². The van der Waals surface area contributed by atoms with Crippen LogP contribution in [0.1, 0.15) is 30.0 Å². The minimum Gasteiger partial charge on any atom is -0.316 e. The van der Waals surface area contributed by atoms with Crippen LogP contribution in [0.25, 0.3) is 0 Å². The van der Waals surface area contributed by atoms with Crippen LogP contribution in [0, 0.1) is 6.92 Å². The molecule has 5 nitrogen and oxygen atoms in total. The van der Waals surface area contributed by atoms with E-state index in [1.165, 1.54) is 0 Å². The van der Waals surface area contributed by atoms with Crippen LogP contribution in [0.4, 0.5) is 0 Å². The van der Waals surface area contributed by atoms with Gasteiger partial charge in [-0.25, -0.2) is 9.97 Å². The van der Waals surface area contributed by atoms with Crippen LogP contribution in [0.5, 0.6) is 0 Å². The van der Waals surface area contributed by atoms with Crippen LogP contribution in [0.2, 0.25) is 5.02 Å². The van der Waals surface area contributed by atoms with Gasteiger partial charge in [-0.1, -0.05) is 11.6 Å². The maximum atomic E-state index is 6.12. The first kappa shape index (κ1) is 12.0. The second-order valence-electron chi connectivity index (χ2n) is 3.79. The molecule has 0 aliphatic carbocycles. The summed E-state index contributed by atoms with van der Waals surface area (Å²) in [5, 5.41) is 4.69. The fourth-order valence-electron chi connectivity index (χ4n) is 1.62. The highest BCUT2D eigenvalue weighted by molar-refractivity contribution is 6.31. The number of hydrogen-bond donors (Lipinski definition) is 1. The van der Waals surface area contributed by atoms with Crippen molar-refractivity contribution >= 4 is 11.6 Å². The Bertz CT molecular complexity index is 505. The van der Waals surface area contributed by atoms with Crippen LogP contribution < -0.4 is 5.73 Å². The van der Waals surface area contributed by atoms with Crippen LogP contribution in [-0.4, -0.2) is 19.7 Å². The smallest absolute Gasteiger partial charge is 0.151 e. The monoisotopic (exact) mass is 251 g/mol. The highest BCUT2D eigenvalue weighted by Gasteiger charge is 2.20. The van der Waals surface area contributed by atoms with E-state index >= 15 is 0 Å². The summed E-state index contributed by atoms with van der Waals surface area (Å²) >= 11 is 6.08. The predicted octanol–water partition coefficient (Wildman–Crippen LogP) is 1.70. The van der Waals surface area contributed by atoms with Crippen molar-refractivity contribution < 1.29 is 0 Å². The number of rotatable bonds is 3. The second-order valence-corrected chi connectivity index (χ2v) is 4.20. The zero-order valence-electron chi connectivity index (χ0n) is 9.76. The SMILES string of the molecule is CCn1ncc(Cl)c1C(N)c1ncc(C)cn1. The third kappa shape index (κ3) is 2.30. The second kappa shape index (κ2) is 4.81. The molecule has 17 heavy (non-hydrogen) atoms. The maximum absolute atomic E-state index is 6.12. The van der Waals surface area contributed by atoms with Crippen LogP contribution in [0.15, 0.2) is 18.6 Å². The van der Waals surface area contributed by atoms with Crippen molar-refractivity contribution in [2.24, 2.45) is 5.73 Å². The minimum absolute atomic E-state index is 0.453. The van der Waals surface area contributed by atoms with Crippen molar-refractivity contribution in [3.8, 4) is 0 Å². The van der Waals surface area contributed by atoms with Gasteiger partial charge in [-0.15, -0.1) is 0 Å². The summed E-state index contributed by atoms with van der Waals surface area (Å²) in [6.07, 6.45) is 5.07. The third-order valence-corrected chi connectivity index (χ3v) is 2.80. The van der Waals surface area contributed by atoms with Gasteiger partial charge in [-0.05, 0) is 19.4 Å². The first-order chi connectivity index (χ1) is 8.13. The molecule has 0 aromatic carbocycles. The van der Waals surface area contributed by atoms with E-state index in [4.69, 9.17) is 17.3 Å². The molecule has 0 fully saturated rings. The van der Waals surface area contributed by atoms with Gasteiger partial charge in [0.2, 0.25) is 0 Å². The fraction of sp³-hybridized carbons (Fsp3) is 0.364. The van der Waals surface area contributed by atoms with Gasteiger partial charge in [-0.2, -0.15) is 5.10 Å². The molecule has 2 rings (SSSR count). The van der Waals surface area contributed by atoms with Crippen molar-refractivity contribution in [1.29, 1.82) is 0 Å². The summed E-state index contributed by atoms with van der Waals surface area (Å²) in [4.78, 5) is 8.43. The normalized spacial score (nSPS) is 12.7. The Balaban J connectivity index is 2.39. The Morgan fingerprint density at radius 2 is 2.00 bits per heavy atom. The molecular weight excluding hydrogens is 238 g/mol. The molecule has 0 saturated heterocycles. The molecule has 1 unspecified atom stereocenters. The molecule has 2 N–H and O–H groups in total. The summed E-state index contributed by atoms with van der Waals surface area (Å²) in [6.45, 7) is 4.62. The van der Waals surface area contributed by atoms with Gasteiger partial charge in [-0.3, -0.25) is 4.68 Å². The van der Waals surface area contributed by atoms with Crippen LogP contribution in [-0.2, 0) is 6.54 Å². The topological polar surface area (TPSA) is 69.6 Å². The van der Waals surface area contributed by atoms with Crippen molar-refractivity contribution in [2.75, 3.05) is 0 Å². The van der Waals surface area contributed by atoms with Gasteiger partial charge in [0, 0.05) is 18.9 Å². The summed E-state index contributed by atoms with van der Waals surface area (Å²) in [5.74, 6) is 0.549. The van der Waals surface area contributed by atoms with E-state index in [1.807, 2.05) is 13.8 Å². The first-order valence-corrected chi connectivity index (χ1v) is 5.76. The number of halogens is 1. The van der Waals surface area contributed by atoms with Gasteiger partial charge < -0.3 is 5.73 Å². The molecule has 90 valence electrons. The lowest BCUT2D eigenvalue weighted by Gasteiger charge is -2.12. The highest BCUT2D eigenvalue weighted by Crippen LogP contribution is 2.24. The third-order valence-electron chi connectivity index (χ3n) is 2.51. The number of hydrogen-bond acceptors (Lipinski definition) is 4. The maximum Gasteiger partial charge on any atom is 0.151 e. The van der Waals surface area contributed by atoms with Crippen molar-refractivity contribution in [2.45, 2.75) is 26.4 Å². The van der Waals surface area contributed by atoms with Gasteiger partial charge in [0.05, 0.1) is 16.9 Å². The molecule has 2 aromatic rings. The van der Waals surface area contributed by atoms with E-state index in [2.05, 4.69) is 15.1 Å². The lowest BCUT2D eigenvalue weighted by molar-refractivity contribution is 0.589. The molecule has 1 atom stereocenters. The van der Waals surface area contributed by atoms with E-state index < -0.39 is 6.04 Å². The fourth-order valence-corrected chi connectivity index (χ4v) is 1.88. The van der Waals surface area contributed by atoms with E-state index in [1.54, 1.807) is 23.3 Å². The molecule has 0 amide bonds. The van der Waals surface area contributed by atoms with Gasteiger partial charge in [0.1, 0.15) is 6.04 Å². The average molecular weight is 252 g/mol.